The fourth-order valence-electron chi connectivity index (χ4n) is 3.65. The molecule has 0 aliphatic carbocycles. The van der Waals surface area contributed by atoms with E-state index in [2.05, 4.69) is 31.7 Å². The molecule has 0 spiro atoms. The largest absolute Gasteiger partial charge is 0.366 e. The summed E-state index contributed by atoms with van der Waals surface area (Å²) in [7, 11) is 0. The molecule has 5 aromatic rings. The number of carbonyl (C=O) groups excluding carboxylic acids is 1. The Morgan fingerprint density at radius 3 is 2.63 bits per heavy atom. The molecule has 9 heteroatoms. The number of aromatic nitrogens is 3. The molecule has 6 nitrogen and oxygen atoms in total. The minimum absolute atomic E-state index is 0.223. The predicted octanol–water partition coefficient (Wildman–Crippen LogP) is 7.33. The van der Waals surface area contributed by atoms with Gasteiger partial charge >= 0.3 is 0 Å². The third-order valence-electron chi connectivity index (χ3n) is 5.32. The first kappa shape index (κ1) is 23.4. The molecule has 0 saturated heterocycles. The molecule has 0 radical (unpaired) electrons. The lowest BCUT2D eigenvalue weighted by Gasteiger charge is -2.13. The Kier molecular flexibility index (Phi) is 6.72. The van der Waals surface area contributed by atoms with Crippen LogP contribution in [-0.2, 0) is 6.54 Å². The number of halogens is 3. The molecule has 0 aliphatic rings. The molecule has 0 atom stereocenters. The highest BCUT2D eigenvalue weighted by Gasteiger charge is 2.13. The van der Waals surface area contributed by atoms with Crippen LogP contribution in [0.1, 0.15) is 15.9 Å². The number of anilines is 2. The van der Waals surface area contributed by atoms with E-state index in [0.717, 1.165) is 27.1 Å². The van der Waals surface area contributed by atoms with Crippen LogP contribution in [0.25, 0.3) is 16.9 Å². The summed E-state index contributed by atoms with van der Waals surface area (Å²) in [4.78, 5) is 17.3. The number of hydrogen-bond acceptors (Lipinski definition) is 4. The smallest absolute Gasteiger partial charge is 0.255 e. The van der Waals surface area contributed by atoms with Crippen molar-refractivity contribution in [3.63, 3.8) is 0 Å². The van der Waals surface area contributed by atoms with Crippen LogP contribution in [-0.4, -0.2) is 20.5 Å². The van der Waals surface area contributed by atoms with Crippen LogP contribution in [0.2, 0.25) is 10.0 Å². The fourth-order valence-corrected chi connectivity index (χ4v) is 4.42. The molecule has 1 amide bonds. The average Bonchev–Trinajstić information content (AvgIpc) is 3.24. The number of benzene rings is 3. The molecule has 2 aromatic heterocycles. The van der Waals surface area contributed by atoms with Crippen LogP contribution in [0.3, 0.4) is 0 Å². The van der Waals surface area contributed by atoms with E-state index in [0.29, 0.717) is 33.5 Å². The summed E-state index contributed by atoms with van der Waals surface area (Å²) >= 11 is 16.0. The molecular weight excluding hydrogens is 549 g/mol. The Morgan fingerprint density at radius 2 is 1.80 bits per heavy atom. The van der Waals surface area contributed by atoms with Crippen molar-refractivity contribution in [1.29, 1.82) is 0 Å². The Morgan fingerprint density at radius 1 is 0.971 bits per heavy atom. The molecular formula is C26H18BrCl2N5O. The first-order chi connectivity index (χ1) is 17.0. The molecule has 5 rings (SSSR count). The molecule has 35 heavy (non-hydrogen) atoms. The first-order valence-electron chi connectivity index (χ1n) is 10.7. The second-order valence-electron chi connectivity index (χ2n) is 7.75. The van der Waals surface area contributed by atoms with Crippen LogP contribution in [0, 0.1) is 0 Å². The van der Waals surface area contributed by atoms with Gasteiger partial charge in [0.2, 0.25) is 0 Å². The standard InChI is InChI=1S/C26H18BrCl2N5O/c27-21-15-31-34-24(13-23(33-25(21)34)20-9-1-2-10-22(20)29)30-14-16-5-3-8-19(11-16)32-26(35)17-6-4-7-18(28)12-17/h1-13,15,30H,14H2,(H,32,35). The Hall–Kier alpha value is -3.39. The normalized spacial score (nSPS) is 10.9. The van der Waals surface area contributed by atoms with Gasteiger partial charge in [0.25, 0.3) is 5.91 Å². The Labute approximate surface area is 220 Å². The van der Waals surface area contributed by atoms with Gasteiger partial charge in [0.1, 0.15) is 5.82 Å². The molecule has 174 valence electrons. The molecule has 0 fully saturated rings. The average molecular weight is 567 g/mol. The minimum Gasteiger partial charge on any atom is -0.366 e. The van der Waals surface area contributed by atoms with Crippen molar-refractivity contribution in [2.45, 2.75) is 6.54 Å². The van der Waals surface area contributed by atoms with Crippen LogP contribution in [0.5, 0.6) is 0 Å². The third-order valence-corrected chi connectivity index (χ3v) is 6.45. The SMILES string of the molecule is O=C(Nc1cccc(CNc2cc(-c3ccccc3Cl)nc3c(Br)cnn23)c1)c1cccc(Cl)c1. The van der Waals surface area contributed by atoms with E-state index in [1.54, 1.807) is 35.0 Å². The number of hydrogen-bond donors (Lipinski definition) is 2. The summed E-state index contributed by atoms with van der Waals surface area (Å²) in [5.74, 6) is 0.531. The number of carbonyl (C=O) groups is 1. The summed E-state index contributed by atoms with van der Waals surface area (Å²) in [5, 5.41) is 11.9. The van der Waals surface area contributed by atoms with Crippen molar-refractivity contribution in [2.75, 3.05) is 10.6 Å². The zero-order chi connectivity index (χ0) is 24.4. The van der Waals surface area contributed by atoms with Crippen LogP contribution >= 0.6 is 39.1 Å². The Balaban J connectivity index is 1.39. The summed E-state index contributed by atoms with van der Waals surface area (Å²) in [6.45, 7) is 0.499. The van der Waals surface area contributed by atoms with E-state index in [9.17, 15) is 4.79 Å². The van der Waals surface area contributed by atoms with E-state index in [1.165, 1.54) is 0 Å². The van der Waals surface area contributed by atoms with Gasteiger partial charge in [-0.25, -0.2) is 4.98 Å². The van der Waals surface area contributed by atoms with Gasteiger partial charge in [-0.15, -0.1) is 0 Å². The maximum absolute atomic E-state index is 12.6. The van der Waals surface area contributed by atoms with Gasteiger partial charge in [-0.1, -0.05) is 59.6 Å². The van der Waals surface area contributed by atoms with Crippen molar-refractivity contribution >= 4 is 62.2 Å². The summed E-state index contributed by atoms with van der Waals surface area (Å²) < 4.78 is 2.51. The van der Waals surface area contributed by atoms with Gasteiger partial charge in [0.15, 0.2) is 5.65 Å². The first-order valence-corrected chi connectivity index (χ1v) is 12.2. The van der Waals surface area contributed by atoms with Gasteiger partial charge in [-0.2, -0.15) is 9.61 Å². The van der Waals surface area contributed by atoms with E-state index in [4.69, 9.17) is 28.2 Å². The monoisotopic (exact) mass is 565 g/mol. The Bertz CT molecular complexity index is 1550. The number of nitrogens with zero attached hydrogens (tertiary/aromatic N) is 3. The highest BCUT2D eigenvalue weighted by atomic mass is 79.9. The second-order valence-corrected chi connectivity index (χ2v) is 9.45. The van der Waals surface area contributed by atoms with Gasteiger partial charge in [-0.3, -0.25) is 4.79 Å². The lowest BCUT2D eigenvalue weighted by Crippen LogP contribution is -2.12. The fraction of sp³-hybridized carbons (Fsp3) is 0.0385. The molecule has 0 saturated carbocycles. The van der Waals surface area contributed by atoms with Crippen molar-refractivity contribution in [1.82, 2.24) is 14.6 Å². The predicted molar refractivity (Wildman–Crippen MR) is 144 cm³/mol. The quantitative estimate of drug-likeness (QED) is 0.226. The van der Waals surface area contributed by atoms with Crippen LogP contribution in [0.4, 0.5) is 11.5 Å². The van der Waals surface area contributed by atoms with E-state index >= 15 is 0 Å². The van der Waals surface area contributed by atoms with Gasteiger partial charge < -0.3 is 10.6 Å². The number of amides is 1. The zero-order valence-electron chi connectivity index (χ0n) is 18.2. The van der Waals surface area contributed by atoms with Crippen molar-refractivity contribution in [2.24, 2.45) is 0 Å². The topological polar surface area (TPSA) is 71.3 Å². The highest BCUT2D eigenvalue weighted by molar-refractivity contribution is 9.10. The zero-order valence-corrected chi connectivity index (χ0v) is 21.3. The van der Waals surface area contributed by atoms with Gasteiger partial charge in [0, 0.05) is 39.5 Å². The number of fused-ring (bicyclic) bond motifs is 1. The molecule has 0 aliphatic heterocycles. The van der Waals surface area contributed by atoms with E-state index < -0.39 is 0 Å². The molecule has 2 heterocycles. The minimum atomic E-state index is -0.223. The third kappa shape index (κ3) is 5.17. The number of nitrogens with one attached hydrogen (secondary N) is 2. The van der Waals surface area contributed by atoms with Crippen molar-refractivity contribution in [3.05, 3.63) is 111 Å². The maximum Gasteiger partial charge on any atom is 0.255 e. The van der Waals surface area contributed by atoms with E-state index in [1.807, 2.05) is 54.6 Å². The molecule has 0 unspecified atom stereocenters. The number of rotatable bonds is 6. The summed E-state index contributed by atoms with van der Waals surface area (Å²) in [6.07, 6.45) is 1.70. The van der Waals surface area contributed by atoms with Crippen LogP contribution < -0.4 is 10.6 Å². The second kappa shape index (κ2) is 10.1. The highest BCUT2D eigenvalue weighted by Crippen LogP contribution is 2.30. The van der Waals surface area contributed by atoms with Crippen LogP contribution in [0.15, 0.2) is 89.5 Å². The maximum atomic E-state index is 12.6. The summed E-state index contributed by atoms with van der Waals surface area (Å²) in [5.41, 5.74) is 4.40. The lowest BCUT2D eigenvalue weighted by molar-refractivity contribution is 0.102. The van der Waals surface area contributed by atoms with Crippen molar-refractivity contribution < 1.29 is 4.79 Å². The lowest BCUT2D eigenvalue weighted by atomic mass is 10.1. The van der Waals surface area contributed by atoms with E-state index in [-0.39, 0.29) is 5.91 Å². The molecule has 3 aromatic carbocycles. The molecule has 2 N–H and O–H groups in total. The van der Waals surface area contributed by atoms with Gasteiger partial charge in [-0.05, 0) is 57.9 Å². The molecule has 0 bridgehead atoms. The van der Waals surface area contributed by atoms with Crippen molar-refractivity contribution in [3.8, 4) is 11.3 Å². The summed E-state index contributed by atoms with van der Waals surface area (Å²) in [6, 6.07) is 24.0. The van der Waals surface area contributed by atoms with Gasteiger partial charge in [0.05, 0.1) is 16.4 Å².